The van der Waals surface area contributed by atoms with Crippen molar-refractivity contribution in [3.05, 3.63) is 88.8 Å². The van der Waals surface area contributed by atoms with Gasteiger partial charge in [-0.25, -0.2) is 0 Å². The van der Waals surface area contributed by atoms with E-state index >= 15 is 0 Å². The molecular weight excluding hydrogens is 310 g/mol. The SMILES string of the molecule is O=c1[nH]ccc(NCCc2ccccc2)c1-c1cc2ccccc2[nH]1. The molecule has 2 aromatic carbocycles. The zero-order valence-corrected chi connectivity index (χ0v) is 13.8. The lowest BCUT2D eigenvalue weighted by atomic mass is 10.1. The van der Waals surface area contributed by atoms with Gasteiger partial charge in [0.1, 0.15) is 0 Å². The minimum atomic E-state index is -0.101. The molecule has 0 saturated heterocycles. The van der Waals surface area contributed by atoms with Gasteiger partial charge in [-0.2, -0.15) is 0 Å². The molecule has 0 aliphatic heterocycles. The van der Waals surface area contributed by atoms with Gasteiger partial charge in [0.25, 0.3) is 5.56 Å². The van der Waals surface area contributed by atoms with Gasteiger partial charge in [-0.1, -0.05) is 48.5 Å². The van der Waals surface area contributed by atoms with Crippen LogP contribution < -0.4 is 10.9 Å². The third-order valence-corrected chi connectivity index (χ3v) is 4.33. The van der Waals surface area contributed by atoms with Crippen LogP contribution in [0.5, 0.6) is 0 Å². The minimum absolute atomic E-state index is 0.101. The number of para-hydroxylation sites is 1. The summed E-state index contributed by atoms with van der Waals surface area (Å²) >= 11 is 0. The highest BCUT2D eigenvalue weighted by Crippen LogP contribution is 2.26. The third kappa shape index (κ3) is 3.19. The van der Waals surface area contributed by atoms with Crippen molar-refractivity contribution in [1.29, 1.82) is 0 Å². The molecule has 0 fully saturated rings. The second kappa shape index (κ2) is 6.69. The average Bonchev–Trinajstić information content (AvgIpc) is 3.06. The monoisotopic (exact) mass is 329 g/mol. The first-order valence-corrected chi connectivity index (χ1v) is 8.39. The predicted octanol–water partition coefficient (Wildman–Crippen LogP) is 4.18. The normalized spacial score (nSPS) is 10.9. The summed E-state index contributed by atoms with van der Waals surface area (Å²) in [6.45, 7) is 0.765. The van der Waals surface area contributed by atoms with Gasteiger partial charge in [0.05, 0.1) is 16.9 Å². The van der Waals surface area contributed by atoms with Gasteiger partial charge in [-0.15, -0.1) is 0 Å². The number of fused-ring (bicyclic) bond motifs is 1. The number of pyridine rings is 1. The third-order valence-electron chi connectivity index (χ3n) is 4.33. The van der Waals surface area contributed by atoms with Crippen molar-refractivity contribution in [3.8, 4) is 11.3 Å². The molecule has 4 rings (SSSR count). The highest BCUT2D eigenvalue weighted by atomic mass is 16.1. The van der Waals surface area contributed by atoms with E-state index in [4.69, 9.17) is 0 Å². The summed E-state index contributed by atoms with van der Waals surface area (Å²) in [4.78, 5) is 18.6. The van der Waals surface area contributed by atoms with Crippen LogP contribution in [0.4, 0.5) is 5.69 Å². The Hall–Kier alpha value is -3.27. The molecule has 0 saturated carbocycles. The van der Waals surface area contributed by atoms with E-state index in [0.29, 0.717) is 5.56 Å². The van der Waals surface area contributed by atoms with Crippen LogP contribution in [0.25, 0.3) is 22.2 Å². The lowest BCUT2D eigenvalue weighted by Gasteiger charge is -2.10. The van der Waals surface area contributed by atoms with Crippen LogP contribution >= 0.6 is 0 Å². The molecule has 124 valence electrons. The fourth-order valence-electron chi connectivity index (χ4n) is 3.09. The van der Waals surface area contributed by atoms with Crippen molar-refractivity contribution in [1.82, 2.24) is 9.97 Å². The molecule has 3 N–H and O–H groups in total. The summed E-state index contributed by atoms with van der Waals surface area (Å²) in [6, 6.07) is 22.3. The maximum Gasteiger partial charge on any atom is 0.259 e. The van der Waals surface area contributed by atoms with Gasteiger partial charge < -0.3 is 15.3 Å². The number of aromatic nitrogens is 2. The van der Waals surface area contributed by atoms with Crippen LogP contribution in [-0.2, 0) is 6.42 Å². The van der Waals surface area contributed by atoms with Crippen LogP contribution in [0.1, 0.15) is 5.56 Å². The van der Waals surface area contributed by atoms with Crippen LogP contribution in [0, 0.1) is 0 Å². The van der Waals surface area contributed by atoms with Crippen molar-refractivity contribution in [2.24, 2.45) is 0 Å². The number of hydrogen-bond acceptors (Lipinski definition) is 2. The zero-order chi connectivity index (χ0) is 17.1. The van der Waals surface area contributed by atoms with Crippen molar-refractivity contribution in [3.63, 3.8) is 0 Å². The first-order chi connectivity index (χ1) is 12.3. The van der Waals surface area contributed by atoms with Gasteiger partial charge in [-0.3, -0.25) is 4.79 Å². The zero-order valence-electron chi connectivity index (χ0n) is 13.8. The number of benzene rings is 2. The molecule has 25 heavy (non-hydrogen) atoms. The van der Waals surface area contributed by atoms with E-state index in [1.165, 1.54) is 5.56 Å². The summed E-state index contributed by atoms with van der Waals surface area (Å²) in [5.74, 6) is 0. The lowest BCUT2D eigenvalue weighted by Crippen LogP contribution is -2.14. The minimum Gasteiger partial charge on any atom is -0.384 e. The van der Waals surface area contributed by atoms with Crippen molar-refractivity contribution in [2.45, 2.75) is 6.42 Å². The molecule has 2 aromatic heterocycles. The smallest absolute Gasteiger partial charge is 0.259 e. The van der Waals surface area contributed by atoms with Gasteiger partial charge in [0.2, 0.25) is 0 Å². The second-order valence-corrected chi connectivity index (χ2v) is 6.03. The number of anilines is 1. The van der Waals surface area contributed by atoms with E-state index in [1.54, 1.807) is 6.20 Å². The van der Waals surface area contributed by atoms with E-state index in [-0.39, 0.29) is 5.56 Å². The Kier molecular flexibility index (Phi) is 4.09. The molecule has 0 spiro atoms. The van der Waals surface area contributed by atoms with Crippen molar-refractivity contribution >= 4 is 16.6 Å². The molecule has 0 unspecified atom stereocenters. The molecule has 4 nitrogen and oxygen atoms in total. The Labute approximate surface area is 145 Å². The number of nitrogens with one attached hydrogen (secondary N) is 3. The van der Waals surface area contributed by atoms with E-state index in [2.05, 4.69) is 27.4 Å². The van der Waals surface area contributed by atoms with E-state index in [0.717, 1.165) is 35.2 Å². The van der Waals surface area contributed by atoms with Crippen LogP contribution in [-0.4, -0.2) is 16.5 Å². The average molecular weight is 329 g/mol. The van der Waals surface area contributed by atoms with E-state index < -0.39 is 0 Å². The van der Waals surface area contributed by atoms with Gasteiger partial charge in [-0.05, 0) is 30.2 Å². The van der Waals surface area contributed by atoms with Gasteiger partial charge >= 0.3 is 0 Å². The van der Waals surface area contributed by atoms with Crippen molar-refractivity contribution < 1.29 is 0 Å². The predicted molar refractivity (Wildman–Crippen MR) is 103 cm³/mol. The largest absolute Gasteiger partial charge is 0.384 e. The fraction of sp³-hybridized carbons (Fsp3) is 0.0952. The second-order valence-electron chi connectivity index (χ2n) is 6.03. The molecule has 0 bridgehead atoms. The highest BCUT2D eigenvalue weighted by molar-refractivity contribution is 5.88. The van der Waals surface area contributed by atoms with Gasteiger partial charge in [0, 0.05) is 23.6 Å². The molecule has 0 amide bonds. The maximum atomic E-state index is 12.4. The summed E-state index contributed by atoms with van der Waals surface area (Å²) in [5, 5.41) is 4.50. The van der Waals surface area contributed by atoms with Crippen LogP contribution in [0.3, 0.4) is 0 Å². The fourth-order valence-corrected chi connectivity index (χ4v) is 3.09. The Morgan fingerprint density at radius 2 is 1.72 bits per heavy atom. The Morgan fingerprint density at radius 1 is 0.920 bits per heavy atom. The first-order valence-electron chi connectivity index (χ1n) is 8.39. The van der Waals surface area contributed by atoms with E-state index in [9.17, 15) is 4.79 Å². The van der Waals surface area contributed by atoms with Crippen LogP contribution in [0.15, 0.2) is 77.7 Å². The maximum absolute atomic E-state index is 12.4. The molecule has 0 radical (unpaired) electrons. The van der Waals surface area contributed by atoms with E-state index in [1.807, 2.05) is 54.6 Å². The summed E-state index contributed by atoms with van der Waals surface area (Å²) < 4.78 is 0. The molecule has 0 aliphatic carbocycles. The standard InChI is InChI=1S/C21H19N3O/c25-21-20(19-14-16-8-4-5-9-17(16)24-19)18(11-13-23-21)22-12-10-15-6-2-1-3-7-15/h1-9,11,13-14,24H,10,12H2,(H2,22,23,25). The Balaban J connectivity index is 1.63. The molecule has 2 heterocycles. The van der Waals surface area contributed by atoms with Gasteiger partial charge in [0.15, 0.2) is 0 Å². The number of H-pyrrole nitrogens is 2. The van der Waals surface area contributed by atoms with Crippen LogP contribution in [0.2, 0.25) is 0 Å². The molecule has 0 aliphatic rings. The summed E-state index contributed by atoms with van der Waals surface area (Å²) in [7, 11) is 0. The lowest BCUT2D eigenvalue weighted by molar-refractivity contribution is 1.02. The summed E-state index contributed by atoms with van der Waals surface area (Å²) in [6.07, 6.45) is 2.58. The first kappa shape index (κ1) is 15.3. The topological polar surface area (TPSA) is 60.7 Å². The Morgan fingerprint density at radius 3 is 2.56 bits per heavy atom. The molecular formula is C21H19N3O. The Bertz CT molecular complexity index is 1010. The summed E-state index contributed by atoms with van der Waals surface area (Å²) in [5.41, 5.74) is 4.50. The number of rotatable bonds is 5. The van der Waals surface area contributed by atoms with Crippen molar-refractivity contribution in [2.75, 3.05) is 11.9 Å². The highest BCUT2D eigenvalue weighted by Gasteiger charge is 2.12. The number of hydrogen-bond donors (Lipinski definition) is 3. The molecule has 4 heteroatoms. The number of aromatic amines is 2. The quantitative estimate of drug-likeness (QED) is 0.514. The molecule has 4 aromatic rings. The molecule has 0 atom stereocenters.